The Hall–Kier alpha value is -4.52. The number of hydrogen-bond acceptors (Lipinski definition) is 8. The molecule has 4 aromatic rings. The Labute approximate surface area is 268 Å². The minimum Gasteiger partial charge on any atom is -0.493 e. The third-order valence-corrected chi connectivity index (χ3v) is 8.85. The molecule has 0 unspecified atom stereocenters. The van der Waals surface area contributed by atoms with Crippen molar-refractivity contribution < 1.29 is 36.6 Å². The van der Waals surface area contributed by atoms with Crippen molar-refractivity contribution in [2.75, 3.05) is 31.2 Å². The number of nitrogens with one attached hydrogen (secondary N) is 1. The summed E-state index contributed by atoms with van der Waals surface area (Å²) in [4.78, 5) is 12.8. The first-order valence-electron chi connectivity index (χ1n) is 13.4. The lowest BCUT2D eigenvalue weighted by molar-refractivity contribution is -0.119. The first-order chi connectivity index (χ1) is 21.6. The van der Waals surface area contributed by atoms with Gasteiger partial charge >= 0.3 is 0 Å². The number of hydrazone groups is 1. The second-order valence-corrected chi connectivity index (χ2v) is 12.2. The standard InChI is InChI=1S/C31H26Cl2FN3O7S/c1-41-29-14-20(2-10-27(29)44-19-21-3-4-22(32)15-26(21)33)17-35-36-31(38)18-37(24-7-5-23(34)6-8-24)45(39,40)25-9-11-28-30(16-25)43-13-12-42-28/h2-11,14-17H,12-13,18-19H2,1H3,(H,36,38)/b35-17-. The minimum absolute atomic E-state index is 0.0747. The summed E-state index contributed by atoms with van der Waals surface area (Å²) < 4.78 is 64.2. The van der Waals surface area contributed by atoms with Crippen LogP contribution in [0.1, 0.15) is 11.1 Å². The van der Waals surface area contributed by atoms with Gasteiger partial charge in [0.05, 0.1) is 23.9 Å². The molecule has 1 heterocycles. The minimum atomic E-state index is -4.30. The van der Waals surface area contributed by atoms with Gasteiger partial charge in [-0.15, -0.1) is 0 Å². The Kier molecular flexibility index (Phi) is 9.96. The predicted octanol–water partition coefficient (Wildman–Crippen LogP) is 5.84. The highest BCUT2D eigenvalue weighted by molar-refractivity contribution is 7.92. The number of anilines is 1. The molecular weight excluding hydrogens is 648 g/mol. The molecule has 0 radical (unpaired) electrons. The molecule has 1 amide bonds. The fourth-order valence-corrected chi connectivity index (χ4v) is 6.16. The van der Waals surface area contributed by atoms with Crippen LogP contribution >= 0.6 is 23.2 Å². The molecule has 1 N–H and O–H groups in total. The van der Waals surface area contributed by atoms with Crippen LogP contribution in [0.4, 0.5) is 10.1 Å². The number of rotatable bonds is 11. The average Bonchev–Trinajstić information content (AvgIpc) is 3.03. The quantitative estimate of drug-likeness (QED) is 0.157. The van der Waals surface area contributed by atoms with Crippen molar-refractivity contribution in [1.82, 2.24) is 5.43 Å². The monoisotopic (exact) mass is 673 g/mol. The van der Waals surface area contributed by atoms with Crippen molar-refractivity contribution in [3.8, 4) is 23.0 Å². The van der Waals surface area contributed by atoms with Gasteiger partial charge in [0, 0.05) is 21.7 Å². The zero-order valence-corrected chi connectivity index (χ0v) is 26.0. The molecule has 14 heteroatoms. The maximum atomic E-state index is 13.7. The molecule has 0 aliphatic carbocycles. The first-order valence-corrected chi connectivity index (χ1v) is 15.6. The second kappa shape index (κ2) is 14.1. The van der Waals surface area contributed by atoms with E-state index in [0.717, 1.165) is 22.0 Å². The Bertz CT molecular complexity index is 1840. The molecule has 0 fully saturated rings. The maximum absolute atomic E-state index is 13.7. The van der Waals surface area contributed by atoms with Crippen LogP contribution in [-0.4, -0.2) is 47.4 Å². The van der Waals surface area contributed by atoms with Crippen molar-refractivity contribution in [3.05, 3.63) is 106 Å². The molecule has 4 aromatic carbocycles. The van der Waals surface area contributed by atoms with Gasteiger partial charge in [-0.3, -0.25) is 9.10 Å². The van der Waals surface area contributed by atoms with Gasteiger partial charge in [0.25, 0.3) is 15.9 Å². The van der Waals surface area contributed by atoms with E-state index in [-0.39, 0.29) is 29.5 Å². The van der Waals surface area contributed by atoms with Gasteiger partial charge in [0.15, 0.2) is 23.0 Å². The summed E-state index contributed by atoms with van der Waals surface area (Å²) >= 11 is 12.2. The smallest absolute Gasteiger partial charge is 0.264 e. The number of amides is 1. The van der Waals surface area contributed by atoms with E-state index in [9.17, 15) is 17.6 Å². The third kappa shape index (κ3) is 7.77. The van der Waals surface area contributed by atoms with Crippen molar-refractivity contribution in [2.24, 2.45) is 5.10 Å². The molecule has 1 aliphatic rings. The zero-order chi connectivity index (χ0) is 32.0. The van der Waals surface area contributed by atoms with Crippen LogP contribution in [-0.2, 0) is 21.4 Å². The van der Waals surface area contributed by atoms with Crippen molar-refractivity contribution >= 4 is 51.0 Å². The van der Waals surface area contributed by atoms with E-state index < -0.39 is 28.3 Å². The number of methoxy groups -OCH3 is 1. The topological polar surface area (TPSA) is 116 Å². The van der Waals surface area contributed by atoms with E-state index in [2.05, 4.69) is 10.5 Å². The molecule has 0 atom stereocenters. The van der Waals surface area contributed by atoms with E-state index in [0.29, 0.717) is 39.5 Å². The lowest BCUT2D eigenvalue weighted by atomic mass is 10.2. The summed E-state index contributed by atoms with van der Waals surface area (Å²) in [5.74, 6) is 0.208. The molecule has 5 rings (SSSR count). The van der Waals surface area contributed by atoms with Gasteiger partial charge < -0.3 is 18.9 Å². The number of ether oxygens (including phenoxy) is 4. The van der Waals surface area contributed by atoms with Crippen LogP contribution in [0.2, 0.25) is 10.0 Å². The number of carbonyl (C=O) groups excluding carboxylic acids is 1. The lowest BCUT2D eigenvalue weighted by Gasteiger charge is -2.25. The van der Waals surface area contributed by atoms with Crippen molar-refractivity contribution in [3.63, 3.8) is 0 Å². The highest BCUT2D eigenvalue weighted by Gasteiger charge is 2.29. The molecule has 0 saturated heterocycles. The number of benzene rings is 4. The summed E-state index contributed by atoms with van der Waals surface area (Å²) in [7, 11) is -2.82. The fourth-order valence-electron chi connectivity index (χ4n) is 4.26. The molecule has 0 saturated carbocycles. The van der Waals surface area contributed by atoms with Gasteiger partial charge in [-0.05, 0) is 72.3 Å². The number of fused-ring (bicyclic) bond motifs is 1. The first kappa shape index (κ1) is 31.9. The summed E-state index contributed by atoms with van der Waals surface area (Å²) in [5, 5.41) is 4.95. The number of nitrogens with zero attached hydrogens (tertiary/aromatic N) is 2. The summed E-state index contributed by atoms with van der Waals surface area (Å²) in [5.41, 5.74) is 3.71. The number of carbonyl (C=O) groups is 1. The fraction of sp³-hybridized carbons (Fsp3) is 0.161. The molecule has 10 nitrogen and oxygen atoms in total. The molecule has 0 bridgehead atoms. The highest BCUT2D eigenvalue weighted by Crippen LogP contribution is 2.34. The van der Waals surface area contributed by atoms with Crippen LogP contribution in [0.25, 0.3) is 0 Å². The van der Waals surface area contributed by atoms with Crippen LogP contribution < -0.4 is 28.7 Å². The molecule has 234 valence electrons. The molecule has 0 aromatic heterocycles. The van der Waals surface area contributed by atoms with E-state index in [1.807, 2.05) is 0 Å². The number of sulfonamides is 1. The Morgan fingerprint density at radius 1 is 0.978 bits per heavy atom. The maximum Gasteiger partial charge on any atom is 0.264 e. The van der Waals surface area contributed by atoms with Crippen LogP contribution in [0.15, 0.2) is 88.9 Å². The van der Waals surface area contributed by atoms with E-state index >= 15 is 0 Å². The lowest BCUT2D eigenvalue weighted by Crippen LogP contribution is -2.39. The largest absolute Gasteiger partial charge is 0.493 e. The predicted molar refractivity (Wildman–Crippen MR) is 168 cm³/mol. The zero-order valence-electron chi connectivity index (χ0n) is 23.7. The Morgan fingerprint density at radius 3 is 2.47 bits per heavy atom. The van der Waals surface area contributed by atoms with E-state index in [1.165, 1.54) is 43.7 Å². The van der Waals surface area contributed by atoms with E-state index in [1.54, 1.807) is 36.4 Å². The van der Waals surface area contributed by atoms with E-state index in [4.69, 9.17) is 42.1 Å². The van der Waals surface area contributed by atoms with Gasteiger partial charge in [-0.1, -0.05) is 29.3 Å². The highest BCUT2D eigenvalue weighted by atomic mass is 35.5. The van der Waals surface area contributed by atoms with Crippen molar-refractivity contribution in [2.45, 2.75) is 11.5 Å². The van der Waals surface area contributed by atoms with Crippen molar-refractivity contribution in [1.29, 1.82) is 0 Å². The molecule has 45 heavy (non-hydrogen) atoms. The number of halogens is 3. The average molecular weight is 675 g/mol. The normalized spacial score (nSPS) is 12.5. The van der Waals surface area contributed by atoms with Gasteiger partial charge in [-0.25, -0.2) is 18.2 Å². The van der Waals surface area contributed by atoms with Gasteiger partial charge in [0.1, 0.15) is 32.2 Å². The molecule has 1 aliphatic heterocycles. The summed E-state index contributed by atoms with van der Waals surface area (Å²) in [6, 6.07) is 19.0. The van der Waals surface area contributed by atoms with Gasteiger partial charge in [0.2, 0.25) is 0 Å². The Morgan fingerprint density at radius 2 is 1.73 bits per heavy atom. The summed E-state index contributed by atoms with van der Waals surface area (Å²) in [6.07, 6.45) is 1.36. The third-order valence-electron chi connectivity index (χ3n) is 6.49. The number of hydrogen-bond donors (Lipinski definition) is 1. The van der Waals surface area contributed by atoms with Crippen LogP contribution in [0, 0.1) is 5.82 Å². The van der Waals surface area contributed by atoms with Gasteiger partial charge in [-0.2, -0.15) is 5.10 Å². The second-order valence-electron chi connectivity index (χ2n) is 9.52. The van der Waals surface area contributed by atoms with Crippen LogP contribution in [0.5, 0.6) is 23.0 Å². The van der Waals surface area contributed by atoms with Crippen LogP contribution in [0.3, 0.4) is 0 Å². The summed E-state index contributed by atoms with van der Waals surface area (Å²) in [6.45, 7) is 0.128. The SMILES string of the molecule is COc1cc(/C=N\NC(=O)CN(c2ccc(F)cc2)S(=O)(=O)c2ccc3c(c2)OCCO3)ccc1OCc1ccc(Cl)cc1Cl. The molecule has 0 spiro atoms. The Balaban J connectivity index is 1.28. The molecular formula is C31H26Cl2FN3O7S.